The Morgan fingerprint density at radius 3 is 2.40 bits per heavy atom. The molecule has 0 bridgehead atoms. The molecule has 1 heterocycles. The Morgan fingerprint density at radius 2 is 1.90 bits per heavy atom. The van der Waals surface area contributed by atoms with Crippen molar-refractivity contribution in [3.63, 3.8) is 0 Å². The molecule has 0 aliphatic carbocycles. The Morgan fingerprint density at radius 1 is 1.20 bits per heavy atom. The van der Waals surface area contributed by atoms with Crippen molar-refractivity contribution in [3.8, 4) is 0 Å². The Balaban J connectivity index is 2.35. The van der Waals surface area contributed by atoms with E-state index in [9.17, 15) is 0 Å². The number of pyridine rings is 1. The van der Waals surface area contributed by atoms with Crippen LogP contribution in [0.5, 0.6) is 0 Å². The van der Waals surface area contributed by atoms with Crippen LogP contribution in [0, 0.1) is 0 Å². The summed E-state index contributed by atoms with van der Waals surface area (Å²) in [6.45, 7) is 15.2. The number of rotatable bonds is 8. The van der Waals surface area contributed by atoms with Crippen molar-refractivity contribution in [2.24, 2.45) is 0 Å². The van der Waals surface area contributed by atoms with Crippen LogP contribution < -0.4 is 5.32 Å². The van der Waals surface area contributed by atoms with Gasteiger partial charge in [-0.1, -0.05) is 19.9 Å². The lowest BCUT2D eigenvalue weighted by Gasteiger charge is -2.20. The highest BCUT2D eigenvalue weighted by Gasteiger charge is 2.08. The highest BCUT2D eigenvalue weighted by molar-refractivity contribution is 7.99. The van der Waals surface area contributed by atoms with Crippen molar-refractivity contribution >= 4 is 11.8 Å². The van der Waals surface area contributed by atoms with Gasteiger partial charge >= 0.3 is 0 Å². The van der Waals surface area contributed by atoms with E-state index in [-0.39, 0.29) is 5.54 Å². The summed E-state index contributed by atoms with van der Waals surface area (Å²) in [7, 11) is 0. The van der Waals surface area contributed by atoms with E-state index in [1.165, 1.54) is 5.56 Å². The number of aromatic nitrogens is 1. The van der Waals surface area contributed by atoms with Gasteiger partial charge in [0.25, 0.3) is 0 Å². The van der Waals surface area contributed by atoms with Crippen molar-refractivity contribution < 1.29 is 0 Å². The zero-order valence-corrected chi connectivity index (χ0v) is 14.4. The van der Waals surface area contributed by atoms with E-state index in [0.29, 0.717) is 0 Å². The van der Waals surface area contributed by atoms with Crippen LogP contribution in [-0.4, -0.2) is 40.8 Å². The molecule has 0 unspecified atom stereocenters. The summed E-state index contributed by atoms with van der Waals surface area (Å²) in [5, 5.41) is 4.60. The first kappa shape index (κ1) is 17.5. The first-order valence-electron chi connectivity index (χ1n) is 7.49. The average molecular weight is 295 g/mol. The lowest BCUT2D eigenvalue weighted by atomic mass is 10.1. The molecule has 1 aromatic heterocycles. The van der Waals surface area contributed by atoms with Crippen LogP contribution in [0.3, 0.4) is 0 Å². The quantitative estimate of drug-likeness (QED) is 0.744. The van der Waals surface area contributed by atoms with Crippen molar-refractivity contribution in [2.45, 2.75) is 51.7 Å². The monoisotopic (exact) mass is 295 g/mol. The second-order valence-corrected chi connectivity index (χ2v) is 7.10. The number of hydrogen-bond acceptors (Lipinski definition) is 4. The molecule has 1 rings (SSSR count). The van der Waals surface area contributed by atoms with Gasteiger partial charge in [-0.25, -0.2) is 4.98 Å². The molecule has 4 heteroatoms. The first-order valence-corrected chi connectivity index (χ1v) is 8.48. The van der Waals surface area contributed by atoms with E-state index in [1.54, 1.807) is 0 Å². The molecule has 0 spiro atoms. The van der Waals surface area contributed by atoms with Gasteiger partial charge in [-0.15, -0.1) is 11.8 Å². The second kappa shape index (κ2) is 8.65. The first-order chi connectivity index (χ1) is 9.44. The van der Waals surface area contributed by atoms with Crippen LogP contribution in [0.1, 0.15) is 40.2 Å². The molecule has 0 amide bonds. The largest absolute Gasteiger partial charge is 0.308 e. The van der Waals surface area contributed by atoms with E-state index >= 15 is 0 Å². The molecule has 0 aliphatic heterocycles. The van der Waals surface area contributed by atoms with E-state index in [0.717, 1.165) is 37.0 Å². The minimum absolute atomic E-state index is 0.150. The van der Waals surface area contributed by atoms with Crippen LogP contribution in [0.25, 0.3) is 0 Å². The van der Waals surface area contributed by atoms with Crippen molar-refractivity contribution in [1.82, 2.24) is 15.2 Å². The van der Waals surface area contributed by atoms with Gasteiger partial charge in [0.15, 0.2) is 0 Å². The predicted octanol–water partition coefficient (Wildman–Crippen LogP) is 3.40. The molecule has 0 radical (unpaired) electrons. The van der Waals surface area contributed by atoms with Gasteiger partial charge in [-0.3, -0.25) is 0 Å². The topological polar surface area (TPSA) is 28.2 Å². The molecule has 0 atom stereocenters. The summed E-state index contributed by atoms with van der Waals surface area (Å²) in [4.78, 5) is 6.97. The van der Waals surface area contributed by atoms with Gasteiger partial charge in [0, 0.05) is 30.6 Å². The van der Waals surface area contributed by atoms with Gasteiger partial charge in [0.05, 0.1) is 5.03 Å². The van der Waals surface area contributed by atoms with E-state index in [4.69, 9.17) is 0 Å². The van der Waals surface area contributed by atoms with E-state index in [2.05, 4.69) is 62.0 Å². The summed E-state index contributed by atoms with van der Waals surface area (Å²) >= 11 is 1.84. The summed E-state index contributed by atoms with van der Waals surface area (Å²) in [5.74, 6) is 1.11. The Kier molecular flexibility index (Phi) is 7.56. The summed E-state index contributed by atoms with van der Waals surface area (Å²) in [6, 6.07) is 4.30. The van der Waals surface area contributed by atoms with Gasteiger partial charge in [0.2, 0.25) is 0 Å². The fourth-order valence-corrected chi connectivity index (χ4v) is 2.64. The maximum Gasteiger partial charge on any atom is 0.0960 e. The van der Waals surface area contributed by atoms with Crippen molar-refractivity contribution in [1.29, 1.82) is 0 Å². The Hall–Kier alpha value is -0.580. The number of hydrogen-bond donors (Lipinski definition) is 1. The molecule has 0 fully saturated rings. The third kappa shape index (κ3) is 7.27. The average Bonchev–Trinajstić information content (AvgIpc) is 2.42. The fourth-order valence-electron chi connectivity index (χ4n) is 1.79. The summed E-state index contributed by atoms with van der Waals surface area (Å²) in [6.07, 6.45) is 1.98. The van der Waals surface area contributed by atoms with Crippen LogP contribution >= 0.6 is 11.8 Å². The standard InChI is InChI=1S/C16H29N3S/c1-6-19(7-2)10-11-20-15-9-8-14(12-17-15)13-18-16(3,4)5/h8-9,12,18H,6-7,10-11,13H2,1-5H3. The number of nitrogens with zero attached hydrogens (tertiary/aromatic N) is 2. The smallest absolute Gasteiger partial charge is 0.0960 e. The van der Waals surface area contributed by atoms with Crippen molar-refractivity contribution in [3.05, 3.63) is 23.9 Å². The van der Waals surface area contributed by atoms with Crippen LogP contribution in [0.4, 0.5) is 0 Å². The number of thioether (sulfide) groups is 1. The molecule has 1 N–H and O–H groups in total. The van der Waals surface area contributed by atoms with Crippen molar-refractivity contribution in [2.75, 3.05) is 25.4 Å². The molecule has 0 aromatic carbocycles. The Labute approximate surface area is 128 Å². The molecule has 0 saturated carbocycles. The highest BCUT2D eigenvalue weighted by atomic mass is 32.2. The lowest BCUT2D eigenvalue weighted by Crippen LogP contribution is -2.35. The Bertz CT molecular complexity index is 366. The lowest BCUT2D eigenvalue weighted by molar-refractivity contribution is 0.324. The zero-order valence-electron chi connectivity index (χ0n) is 13.6. The molecular weight excluding hydrogens is 266 g/mol. The molecular formula is C16H29N3S. The molecule has 0 saturated heterocycles. The van der Waals surface area contributed by atoms with Gasteiger partial charge in [-0.2, -0.15) is 0 Å². The second-order valence-electron chi connectivity index (χ2n) is 5.98. The molecule has 114 valence electrons. The number of nitrogens with one attached hydrogen (secondary N) is 1. The molecule has 20 heavy (non-hydrogen) atoms. The van der Waals surface area contributed by atoms with Crippen LogP contribution in [0.15, 0.2) is 23.4 Å². The van der Waals surface area contributed by atoms with Crippen LogP contribution in [0.2, 0.25) is 0 Å². The van der Waals surface area contributed by atoms with E-state index < -0.39 is 0 Å². The normalized spacial score (nSPS) is 12.1. The third-order valence-corrected chi connectivity index (χ3v) is 4.10. The third-order valence-electron chi connectivity index (χ3n) is 3.17. The van der Waals surface area contributed by atoms with E-state index in [1.807, 2.05) is 18.0 Å². The predicted molar refractivity (Wildman–Crippen MR) is 89.3 cm³/mol. The molecule has 3 nitrogen and oxygen atoms in total. The maximum absolute atomic E-state index is 4.53. The summed E-state index contributed by atoms with van der Waals surface area (Å²) < 4.78 is 0. The fraction of sp³-hybridized carbons (Fsp3) is 0.688. The molecule has 0 aliphatic rings. The van der Waals surface area contributed by atoms with Gasteiger partial charge in [-0.05, 0) is 45.5 Å². The minimum atomic E-state index is 0.150. The molecule has 1 aromatic rings. The zero-order chi connectivity index (χ0) is 15.0. The van der Waals surface area contributed by atoms with Crippen LogP contribution in [-0.2, 0) is 6.54 Å². The SMILES string of the molecule is CCN(CC)CCSc1ccc(CNC(C)(C)C)cn1. The minimum Gasteiger partial charge on any atom is -0.308 e. The van der Waals surface area contributed by atoms with Gasteiger partial charge < -0.3 is 10.2 Å². The van der Waals surface area contributed by atoms with Gasteiger partial charge in [0.1, 0.15) is 0 Å². The highest BCUT2D eigenvalue weighted by Crippen LogP contribution is 2.15. The maximum atomic E-state index is 4.53. The summed E-state index contributed by atoms with van der Waals surface area (Å²) in [5.41, 5.74) is 1.39.